The summed E-state index contributed by atoms with van der Waals surface area (Å²) >= 11 is 0. The fraction of sp³-hybridized carbons (Fsp3) is 0.918. The molecule has 0 aliphatic carbocycles. The van der Waals surface area contributed by atoms with Crippen molar-refractivity contribution in [3.8, 4) is 0 Å². The van der Waals surface area contributed by atoms with Crippen LogP contribution in [-0.2, 0) is 28.6 Å². The van der Waals surface area contributed by atoms with Crippen LogP contribution in [-0.4, -0.2) is 37.2 Å². The van der Waals surface area contributed by atoms with E-state index in [2.05, 4.69) is 32.9 Å². The van der Waals surface area contributed by atoms with Crippen LogP contribution in [0.3, 0.4) is 0 Å². The molecule has 1 unspecified atom stereocenters. The zero-order valence-corrected chi connectivity index (χ0v) is 45.5. The van der Waals surface area contributed by atoms with Crippen molar-refractivity contribution >= 4 is 17.9 Å². The molecule has 0 aliphatic rings. The second-order valence-corrected chi connectivity index (χ2v) is 20.6. The van der Waals surface area contributed by atoms with Crippen molar-refractivity contribution in [2.45, 2.75) is 348 Å². The molecule has 6 heteroatoms. The van der Waals surface area contributed by atoms with Crippen LogP contribution in [0.25, 0.3) is 0 Å². The Kier molecular flexibility index (Phi) is 55.2. The van der Waals surface area contributed by atoms with Crippen molar-refractivity contribution in [2.24, 2.45) is 0 Å². The molecule has 1 atom stereocenters. The van der Waals surface area contributed by atoms with Gasteiger partial charge < -0.3 is 14.2 Å². The fourth-order valence-corrected chi connectivity index (χ4v) is 9.21. The van der Waals surface area contributed by atoms with Crippen molar-refractivity contribution < 1.29 is 28.6 Å². The maximum atomic E-state index is 12.8. The third-order valence-electron chi connectivity index (χ3n) is 13.8. The molecule has 0 fully saturated rings. The molecule has 0 saturated carbocycles. The molecule has 0 saturated heterocycles. The summed E-state index contributed by atoms with van der Waals surface area (Å²) in [6, 6.07) is 0. The smallest absolute Gasteiger partial charge is 0.306 e. The Labute approximate surface area is 418 Å². The average molecular weight is 946 g/mol. The van der Waals surface area contributed by atoms with E-state index in [1.54, 1.807) is 0 Å². The summed E-state index contributed by atoms with van der Waals surface area (Å²) < 4.78 is 16.8. The molecule has 6 nitrogen and oxygen atoms in total. The van der Waals surface area contributed by atoms with Crippen molar-refractivity contribution in [1.29, 1.82) is 0 Å². The molecule has 67 heavy (non-hydrogen) atoms. The number of hydrogen-bond donors (Lipinski definition) is 0. The van der Waals surface area contributed by atoms with Gasteiger partial charge in [0.05, 0.1) is 0 Å². The molecular weight excluding hydrogens is 829 g/mol. The van der Waals surface area contributed by atoms with E-state index in [1.165, 1.54) is 238 Å². The third kappa shape index (κ3) is 55.0. The van der Waals surface area contributed by atoms with Crippen molar-refractivity contribution in [2.75, 3.05) is 13.2 Å². The van der Waals surface area contributed by atoms with E-state index in [-0.39, 0.29) is 31.1 Å². The molecule has 0 rings (SSSR count). The molecule has 0 heterocycles. The minimum Gasteiger partial charge on any atom is -0.462 e. The average Bonchev–Trinajstić information content (AvgIpc) is 3.33. The third-order valence-corrected chi connectivity index (χ3v) is 13.8. The number of allylic oxidation sites excluding steroid dienone is 2. The summed E-state index contributed by atoms with van der Waals surface area (Å²) in [5.41, 5.74) is 0. The molecule has 0 aromatic heterocycles. The predicted octanol–water partition coefficient (Wildman–Crippen LogP) is 20.1. The Bertz CT molecular complexity index is 1040. The van der Waals surface area contributed by atoms with Gasteiger partial charge in [0.2, 0.25) is 0 Å². The summed E-state index contributed by atoms with van der Waals surface area (Å²) in [5.74, 6) is -0.856. The molecule has 0 amide bonds. The molecule has 0 aliphatic heterocycles. The van der Waals surface area contributed by atoms with Gasteiger partial charge in [0, 0.05) is 19.3 Å². The highest BCUT2D eigenvalue weighted by Crippen LogP contribution is 2.18. The maximum Gasteiger partial charge on any atom is 0.306 e. The summed E-state index contributed by atoms with van der Waals surface area (Å²) in [6.45, 7) is 6.66. The molecule has 0 bridgehead atoms. The Balaban J connectivity index is 4.10. The standard InChI is InChI=1S/C61H116O6/c1-4-7-10-13-16-19-22-24-25-26-27-28-29-30-31-32-33-34-35-36-38-39-42-45-48-51-54-60(63)66-57-58(56-65-59(62)53-50-47-44-41-21-18-15-12-9-6-3)67-61(64)55-52-49-46-43-40-37-23-20-17-14-11-8-5-2/h20,23,58H,4-19,21-22,24-57H2,1-3H3/b23-20-. The minimum absolute atomic E-state index is 0.0678. The molecule has 0 radical (unpaired) electrons. The lowest BCUT2D eigenvalue weighted by molar-refractivity contribution is -0.167. The highest BCUT2D eigenvalue weighted by Gasteiger charge is 2.19. The van der Waals surface area contributed by atoms with Crippen LogP contribution in [0.4, 0.5) is 0 Å². The van der Waals surface area contributed by atoms with Crippen LogP contribution in [0.15, 0.2) is 12.2 Å². The van der Waals surface area contributed by atoms with Gasteiger partial charge in [-0.2, -0.15) is 0 Å². The van der Waals surface area contributed by atoms with Crippen LogP contribution in [0.5, 0.6) is 0 Å². The largest absolute Gasteiger partial charge is 0.462 e. The van der Waals surface area contributed by atoms with E-state index in [0.29, 0.717) is 19.3 Å². The lowest BCUT2D eigenvalue weighted by atomic mass is 10.0. The van der Waals surface area contributed by atoms with E-state index in [0.717, 1.165) is 64.2 Å². The monoisotopic (exact) mass is 945 g/mol. The van der Waals surface area contributed by atoms with Gasteiger partial charge in [-0.3, -0.25) is 14.4 Å². The normalized spacial score (nSPS) is 12.0. The van der Waals surface area contributed by atoms with Crippen molar-refractivity contribution in [1.82, 2.24) is 0 Å². The zero-order valence-electron chi connectivity index (χ0n) is 45.5. The molecule has 0 spiro atoms. The molecule has 396 valence electrons. The van der Waals surface area contributed by atoms with Crippen molar-refractivity contribution in [3.63, 3.8) is 0 Å². The van der Waals surface area contributed by atoms with Crippen LogP contribution < -0.4 is 0 Å². The Morgan fingerprint density at radius 3 is 0.761 bits per heavy atom. The number of carbonyl (C=O) groups excluding carboxylic acids is 3. The van der Waals surface area contributed by atoms with Crippen LogP contribution in [0.1, 0.15) is 342 Å². The Morgan fingerprint density at radius 2 is 0.493 bits per heavy atom. The van der Waals surface area contributed by atoms with Gasteiger partial charge in [0.25, 0.3) is 0 Å². The first-order valence-electron chi connectivity index (χ1n) is 30.2. The Morgan fingerprint density at radius 1 is 0.284 bits per heavy atom. The highest BCUT2D eigenvalue weighted by molar-refractivity contribution is 5.71. The van der Waals surface area contributed by atoms with E-state index in [9.17, 15) is 14.4 Å². The molecule has 0 N–H and O–H groups in total. The second kappa shape index (κ2) is 56.7. The van der Waals surface area contributed by atoms with E-state index in [1.807, 2.05) is 0 Å². The number of unbranched alkanes of at least 4 members (excludes halogenated alkanes) is 43. The zero-order chi connectivity index (χ0) is 48.6. The maximum absolute atomic E-state index is 12.8. The lowest BCUT2D eigenvalue weighted by Crippen LogP contribution is -2.30. The summed E-state index contributed by atoms with van der Waals surface area (Å²) in [5, 5.41) is 0. The van der Waals surface area contributed by atoms with Gasteiger partial charge in [0.15, 0.2) is 6.10 Å². The van der Waals surface area contributed by atoms with Crippen LogP contribution in [0.2, 0.25) is 0 Å². The highest BCUT2D eigenvalue weighted by atomic mass is 16.6. The predicted molar refractivity (Wildman–Crippen MR) is 289 cm³/mol. The molecule has 0 aromatic carbocycles. The minimum atomic E-state index is -0.768. The fourth-order valence-electron chi connectivity index (χ4n) is 9.21. The number of esters is 3. The van der Waals surface area contributed by atoms with Crippen LogP contribution in [0, 0.1) is 0 Å². The first-order chi connectivity index (χ1) is 33.0. The number of carbonyl (C=O) groups is 3. The van der Waals surface area contributed by atoms with E-state index in [4.69, 9.17) is 14.2 Å². The van der Waals surface area contributed by atoms with Gasteiger partial charge in [0.1, 0.15) is 13.2 Å². The SMILES string of the molecule is CCCCCC/C=C\CCCCCCCC(=O)OC(COC(=O)CCCCCCCCCCCC)COC(=O)CCCCCCCCCCCCCCCCCCCCCCCCCCCC. The second-order valence-electron chi connectivity index (χ2n) is 20.6. The number of ether oxygens (including phenoxy) is 3. The van der Waals surface area contributed by atoms with Crippen molar-refractivity contribution in [3.05, 3.63) is 12.2 Å². The van der Waals surface area contributed by atoms with Gasteiger partial charge >= 0.3 is 17.9 Å². The number of rotatable bonds is 56. The van der Waals surface area contributed by atoms with E-state index < -0.39 is 6.10 Å². The number of hydrogen-bond acceptors (Lipinski definition) is 6. The van der Waals surface area contributed by atoms with Crippen LogP contribution >= 0.6 is 0 Å². The summed E-state index contributed by atoms with van der Waals surface area (Å²) in [6.07, 6.45) is 65.2. The lowest BCUT2D eigenvalue weighted by Gasteiger charge is -2.18. The quantitative estimate of drug-likeness (QED) is 0.0262. The topological polar surface area (TPSA) is 78.9 Å². The summed E-state index contributed by atoms with van der Waals surface area (Å²) in [7, 11) is 0. The first kappa shape index (κ1) is 65.1. The Hall–Kier alpha value is -1.85. The van der Waals surface area contributed by atoms with Gasteiger partial charge in [-0.05, 0) is 44.9 Å². The van der Waals surface area contributed by atoms with Gasteiger partial charge in [-0.15, -0.1) is 0 Å². The molecule has 0 aromatic rings. The van der Waals surface area contributed by atoms with E-state index >= 15 is 0 Å². The van der Waals surface area contributed by atoms with Gasteiger partial charge in [-0.25, -0.2) is 0 Å². The summed E-state index contributed by atoms with van der Waals surface area (Å²) in [4.78, 5) is 38.0. The molecular formula is C61H116O6. The van der Waals surface area contributed by atoms with Gasteiger partial charge in [-0.1, -0.05) is 290 Å². The first-order valence-corrected chi connectivity index (χ1v) is 30.2.